The molecule has 1 amide bonds. The summed E-state index contributed by atoms with van der Waals surface area (Å²) in [6.07, 6.45) is 4.18. The number of fused-ring (bicyclic) bond motifs is 2. The summed E-state index contributed by atoms with van der Waals surface area (Å²) in [6.45, 7) is 6.35. The number of aromatic nitrogens is 3. The zero-order valence-electron chi connectivity index (χ0n) is 18.3. The Labute approximate surface area is 182 Å². The van der Waals surface area contributed by atoms with Crippen LogP contribution in [0.15, 0.2) is 36.4 Å². The molecular formula is C24H30N6O. The molecule has 31 heavy (non-hydrogen) atoms. The van der Waals surface area contributed by atoms with E-state index in [9.17, 15) is 4.79 Å². The molecule has 2 N–H and O–H groups in total. The molecule has 0 spiro atoms. The second-order valence-corrected chi connectivity index (χ2v) is 8.91. The van der Waals surface area contributed by atoms with Gasteiger partial charge in [-0.05, 0) is 69.8 Å². The predicted molar refractivity (Wildman–Crippen MR) is 123 cm³/mol. The number of likely N-dealkylation sites (tertiary alicyclic amines) is 1. The van der Waals surface area contributed by atoms with E-state index in [1.807, 2.05) is 11.0 Å². The number of nitrogens with one attached hydrogen (secondary N) is 2. The average molecular weight is 419 g/mol. The van der Waals surface area contributed by atoms with Gasteiger partial charge in [0.15, 0.2) is 11.5 Å². The molecule has 1 saturated heterocycles. The zero-order valence-corrected chi connectivity index (χ0v) is 18.3. The minimum atomic E-state index is 0.165. The van der Waals surface area contributed by atoms with Crippen molar-refractivity contribution in [3.05, 3.63) is 47.7 Å². The van der Waals surface area contributed by atoms with Gasteiger partial charge in [-0.15, -0.1) is 0 Å². The van der Waals surface area contributed by atoms with E-state index in [1.165, 1.54) is 5.56 Å². The van der Waals surface area contributed by atoms with Gasteiger partial charge in [-0.3, -0.25) is 14.8 Å². The third-order valence-electron chi connectivity index (χ3n) is 6.33. The lowest BCUT2D eigenvalue weighted by atomic mass is 10.0. The number of rotatable bonds is 5. The normalized spacial score (nSPS) is 19.2. The Hall–Kier alpha value is -2.93. The van der Waals surface area contributed by atoms with Crippen molar-refractivity contribution >= 4 is 28.4 Å². The molecular weight excluding hydrogens is 388 g/mol. The Kier molecular flexibility index (Phi) is 5.36. The summed E-state index contributed by atoms with van der Waals surface area (Å²) < 4.78 is 0. The highest BCUT2D eigenvalue weighted by Gasteiger charge is 2.31. The van der Waals surface area contributed by atoms with Crippen molar-refractivity contribution in [2.24, 2.45) is 0 Å². The van der Waals surface area contributed by atoms with Crippen molar-refractivity contribution in [1.82, 2.24) is 20.1 Å². The van der Waals surface area contributed by atoms with Crippen molar-refractivity contribution in [3.63, 3.8) is 0 Å². The number of carbonyl (C=O) groups is 1. The standard InChI is InChI=1S/C24H30N6O/c1-16(2)25-23-18-11-12-19(26-24(18)28-27-23)21-10-6-13-29(21)15-22(31)30-14-5-8-17-7-3-4-9-20(17)30/h3-4,7,9,11-12,16,21H,5-6,8,10,13-15H2,1-2H3,(H2,25,26,27,28)/t21-/m1/s1. The number of aryl methyl sites for hydroxylation is 1. The Morgan fingerprint density at radius 2 is 2.06 bits per heavy atom. The number of para-hydroxylation sites is 1. The lowest BCUT2D eigenvalue weighted by Crippen LogP contribution is -2.42. The number of hydrogen-bond acceptors (Lipinski definition) is 5. The van der Waals surface area contributed by atoms with Crippen LogP contribution in [0, 0.1) is 0 Å². The average Bonchev–Trinajstić information content (AvgIpc) is 3.39. The van der Waals surface area contributed by atoms with E-state index in [0.717, 1.165) is 67.0 Å². The van der Waals surface area contributed by atoms with Crippen LogP contribution in [0.4, 0.5) is 11.5 Å². The van der Waals surface area contributed by atoms with Gasteiger partial charge < -0.3 is 10.2 Å². The Morgan fingerprint density at radius 3 is 2.94 bits per heavy atom. The van der Waals surface area contributed by atoms with E-state index in [0.29, 0.717) is 12.6 Å². The van der Waals surface area contributed by atoms with E-state index >= 15 is 0 Å². The summed E-state index contributed by atoms with van der Waals surface area (Å²) in [5, 5.41) is 11.8. The molecule has 1 fully saturated rings. The lowest BCUT2D eigenvalue weighted by molar-refractivity contribution is -0.120. The second kappa shape index (κ2) is 8.30. The number of H-pyrrole nitrogens is 1. The van der Waals surface area contributed by atoms with E-state index < -0.39 is 0 Å². The molecule has 7 heteroatoms. The molecule has 7 nitrogen and oxygen atoms in total. The van der Waals surface area contributed by atoms with Crippen molar-refractivity contribution in [3.8, 4) is 0 Å². The largest absolute Gasteiger partial charge is 0.366 e. The van der Waals surface area contributed by atoms with Gasteiger partial charge >= 0.3 is 0 Å². The molecule has 162 valence electrons. The molecule has 3 aromatic rings. The van der Waals surface area contributed by atoms with Crippen LogP contribution in [0.25, 0.3) is 11.0 Å². The van der Waals surface area contributed by atoms with Crippen molar-refractivity contribution in [2.45, 2.75) is 51.6 Å². The third-order valence-corrected chi connectivity index (χ3v) is 6.33. The lowest BCUT2D eigenvalue weighted by Gasteiger charge is -2.32. The first-order valence-electron chi connectivity index (χ1n) is 11.3. The maximum absolute atomic E-state index is 13.3. The maximum Gasteiger partial charge on any atom is 0.241 e. The molecule has 1 aromatic carbocycles. The quantitative estimate of drug-likeness (QED) is 0.657. The molecule has 0 saturated carbocycles. The molecule has 5 rings (SSSR count). The second-order valence-electron chi connectivity index (χ2n) is 8.91. The van der Waals surface area contributed by atoms with Crippen LogP contribution in [0.1, 0.15) is 50.4 Å². The number of benzene rings is 1. The summed E-state index contributed by atoms with van der Waals surface area (Å²) in [7, 11) is 0. The number of anilines is 2. The predicted octanol–water partition coefficient (Wildman–Crippen LogP) is 3.89. The monoisotopic (exact) mass is 418 g/mol. The van der Waals surface area contributed by atoms with E-state index in [2.05, 4.69) is 64.6 Å². The smallest absolute Gasteiger partial charge is 0.241 e. The molecule has 2 aliphatic heterocycles. The fourth-order valence-electron chi connectivity index (χ4n) is 4.89. The minimum Gasteiger partial charge on any atom is -0.366 e. The van der Waals surface area contributed by atoms with Crippen LogP contribution >= 0.6 is 0 Å². The SMILES string of the molecule is CC(C)Nc1n[nH]c2nc([C@H]3CCCN3CC(=O)N3CCCc4ccccc43)ccc12. The summed E-state index contributed by atoms with van der Waals surface area (Å²) in [5.41, 5.74) is 4.16. The molecule has 0 unspecified atom stereocenters. The van der Waals surface area contributed by atoms with Crippen molar-refractivity contribution < 1.29 is 4.79 Å². The van der Waals surface area contributed by atoms with Crippen LogP contribution in [0.2, 0.25) is 0 Å². The van der Waals surface area contributed by atoms with Gasteiger partial charge in [0.2, 0.25) is 5.91 Å². The van der Waals surface area contributed by atoms with Crippen molar-refractivity contribution in [2.75, 3.05) is 29.9 Å². The molecule has 2 aliphatic rings. The van der Waals surface area contributed by atoms with Crippen LogP contribution in [0.3, 0.4) is 0 Å². The fourth-order valence-corrected chi connectivity index (χ4v) is 4.89. The Bertz CT molecular complexity index is 1090. The Balaban J connectivity index is 1.34. The molecule has 0 bridgehead atoms. The summed E-state index contributed by atoms with van der Waals surface area (Å²) in [4.78, 5) is 22.4. The van der Waals surface area contributed by atoms with Crippen LogP contribution in [-0.4, -0.2) is 51.7 Å². The van der Waals surface area contributed by atoms with Gasteiger partial charge in [-0.25, -0.2) is 4.98 Å². The van der Waals surface area contributed by atoms with E-state index in [1.54, 1.807) is 0 Å². The van der Waals surface area contributed by atoms with Crippen LogP contribution < -0.4 is 10.2 Å². The number of nitrogens with zero attached hydrogens (tertiary/aromatic N) is 4. The van der Waals surface area contributed by atoms with Gasteiger partial charge in [0.1, 0.15) is 0 Å². The van der Waals surface area contributed by atoms with Crippen molar-refractivity contribution in [1.29, 1.82) is 0 Å². The first kappa shape index (κ1) is 20.0. The number of hydrogen-bond donors (Lipinski definition) is 2. The van der Waals surface area contributed by atoms with Gasteiger partial charge in [0.05, 0.1) is 23.7 Å². The molecule has 1 atom stereocenters. The minimum absolute atomic E-state index is 0.165. The number of amides is 1. The number of pyridine rings is 1. The van der Waals surface area contributed by atoms with Gasteiger partial charge in [-0.2, -0.15) is 5.10 Å². The number of aromatic amines is 1. The van der Waals surface area contributed by atoms with Crippen LogP contribution in [-0.2, 0) is 11.2 Å². The van der Waals surface area contributed by atoms with Crippen LogP contribution in [0.5, 0.6) is 0 Å². The maximum atomic E-state index is 13.3. The summed E-state index contributed by atoms with van der Waals surface area (Å²) in [5.74, 6) is 1.02. The molecule has 4 heterocycles. The first-order valence-corrected chi connectivity index (χ1v) is 11.3. The first-order chi connectivity index (χ1) is 15.1. The number of carbonyl (C=O) groups excluding carboxylic acids is 1. The topological polar surface area (TPSA) is 77.1 Å². The fraction of sp³-hybridized carbons (Fsp3) is 0.458. The highest BCUT2D eigenvalue weighted by molar-refractivity contribution is 5.96. The third kappa shape index (κ3) is 3.90. The van der Waals surface area contributed by atoms with E-state index in [-0.39, 0.29) is 11.9 Å². The van der Waals surface area contributed by atoms with E-state index in [4.69, 9.17) is 4.98 Å². The highest BCUT2D eigenvalue weighted by atomic mass is 16.2. The molecule has 0 aliphatic carbocycles. The van der Waals surface area contributed by atoms with Gasteiger partial charge in [0.25, 0.3) is 0 Å². The highest BCUT2D eigenvalue weighted by Crippen LogP contribution is 2.33. The Morgan fingerprint density at radius 1 is 1.19 bits per heavy atom. The van der Waals surface area contributed by atoms with Gasteiger partial charge in [-0.1, -0.05) is 18.2 Å². The van der Waals surface area contributed by atoms with Gasteiger partial charge in [0, 0.05) is 18.3 Å². The molecule has 2 aromatic heterocycles. The summed E-state index contributed by atoms with van der Waals surface area (Å²) >= 11 is 0. The summed E-state index contributed by atoms with van der Waals surface area (Å²) in [6, 6.07) is 12.9. The zero-order chi connectivity index (χ0) is 21.4. The molecule has 0 radical (unpaired) electrons.